The van der Waals surface area contributed by atoms with E-state index >= 15 is 0 Å². The van der Waals surface area contributed by atoms with E-state index in [0.717, 1.165) is 27.2 Å². The molecule has 1 saturated heterocycles. The summed E-state index contributed by atoms with van der Waals surface area (Å²) in [6, 6.07) is 16.0. The first-order chi connectivity index (χ1) is 12.9. The van der Waals surface area contributed by atoms with Crippen LogP contribution in [0, 0.1) is 0 Å². The molecule has 1 amide bonds. The molecular weight excluding hydrogens is 346 g/mol. The van der Waals surface area contributed by atoms with Crippen molar-refractivity contribution in [3.05, 3.63) is 59.7 Å². The van der Waals surface area contributed by atoms with Crippen molar-refractivity contribution >= 4 is 12.1 Å². The maximum absolute atomic E-state index is 12.6. The largest absolute Gasteiger partial charge is 0.480 e. The van der Waals surface area contributed by atoms with Gasteiger partial charge < -0.3 is 14.9 Å². The SMILES string of the molecule is CC1(C(=O)O)CC(O)CN1C(=O)OCC1c2ccccc2-c2ccccc21. The number of carboxylic acid groups (broad SMARTS) is 1. The van der Waals surface area contributed by atoms with Crippen LogP contribution in [0.4, 0.5) is 4.79 Å². The molecule has 1 heterocycles. The van der Waals surface area contributed by atoms with Crippen LogP contribution in [-0.2, 0) is 9.53 Å². The lowest BCUT2D eigenvalue weighted by Crippen LogP contribution is -2.51. The van der Waals surface area contributed by atoms with E-state index in [9.17, 15) is 19.8 Å². The molecule has 1 fully saturated rings. The number of likely N-dealkylation sites (tertiary alicyclic amines) is 1. The number of carbonyl (C=O) groups excluding carboxylic acids is 1. The molecule has 2 aromatic rings. The van der Waals surface area contributed by atoms with Gasteiger partial charge in [0, 0.05) is 12.3 Å². The van der Waals surface area contributed by atoms with Crippen LogP contribution < -0.4 is 0 Å². The molecule has 2 aliphatic rings. The number of amides is 1. The minimum atomic E-state index is -1.46. The van der Waals surface area contributed by atoms with Gasteiger partial charge in [-0.15, -0.1) is 0 Å². The van der Waals surface area contributed by atoms with E-state index in [4.69, 9.17) is 4.74 Å². The molecule has 1 aliphatic carbocycles. The van der Waals surface area contributed by atoms with Crippen LogP contribution in [0.3, 0.4) is 0 Å². The summed E-state index contributed by atoms with van der Waals surface area (Å²) in [5, 5.41) is 19.3. The van der Waals surface area contributed by atoms with Crippen LogP contribution in [0.25, 0.3) is 11.1 Å². The number of hydrogen-bond acceptors (Lipinski definition) is 4. The Morgan fingerprint density at radius 2 is 1.67 bits per heavy atom. The summed E-state index contributed by atoms with van der Waals surface area (Å²) in [6.45, 7) is 1.52. The standard InChI is InChI=1S/C21H21NO5/c1-21(19(24)25)10-13(23)11-22(21)20(26)27-12-18-16-8-4-2-6-14(16)15-7-3-5-9-17(15)18/h2-9,13,18,23H,10-12H2,1H3,(H,24,25). The molecule has 27 heavy (non-hydrogen) atoms. The van der Waals surface area contributed by atoms with Gasteiger partial charge in [0.1, 0.15) is 12.1 Å². The number of rotatable bonds is 3. The lowest BCUT2D eigenvalue weighted by Gasteiger charge is -2.30. The Balaban J connectivity index is 1.56. The Kier molecular flexibility index (Phi) is 4.15. The van der Waals surface area contributed by atoms with E-state index in [-0.39, 0.29) is 25.5 Å². The number of carboxylic acids is 1. The Hall–Kier alpha value is -2.86. The first-order valence-corrected chi connectivity index (χ1v) is 8.96. The van der Waals surface area contributed by atoms with Gasteiger partial charge in [0.25, 0.3) is 0 Å². The van der Waals surface area contributed by atoms with Gasteiger partial charge in [-0.3, -0.25) is 4.90 Å². The first-order valence-electron chi connectivity index (χ1n) is 8.96. The third kappa shape index (κ3) is 2.77. The number of aliphatic carboxylic acids is 1. The number of benzene rings is 2. The van der Waals surface area contributed by atoms with Crippen molar-refractivity contribution in [3.63, 3.8) is 0 Å². The van der Waals surface area contributed by atoms with Gasteiger partial charge in [-0.05, 0) is 29.2 Å². The summed E-state index contributed by atoms with van der Waals surface area (Å²) in [5.74, 6) is -1.24. The Morgan fingerprint density at radius 1 is 1.11 bits per heavy atom. The number of ether oxygens (including phenoxy) is 1. The number of nitrogens with zero attached hydrogens (tertiary/aromatic N) is 1. The van der Waals surface area contributed by atoms with Crippen molar-refractivity contribution in [1.82, 2.24) is 4.90 Å². The lowest BCUT2D eigenvalue weighted by molar-refractivity contribution is -0.147. The monoisotopic (exact) mass is 367 g/mol. The molecule has 2 aromatic carbocycles. The fourth-order valence-electron chi connectivity index (χ4n) is 4.20. The van der Waals surface area contributed by atoms with Gasteiger partial charge in [-0.1, -0.05) is 48.5 Å². The number of aliphatic hydroxyl groups is 1. The second kappa shape index (κ2) is 6.39. The van der Waals surface area contributed by atoms with Crippen molar-refractivity contribution in [2.75, 3.05) is 13.2 Å². The first kappa shape index (κ1) is 17.5. The quantitative estimate of drug-likeness (QED) is 0.871. The second-order valence-corrected chi connectivity index (χ2v) is 7.35. The molecule has 0 saturated carbocycles. The highest BCUT2D eigenvalue weighted by atomic mass is 16.6. The van der Waals surface area contributed by atoms with E-state index in [2.05, 4.69) is 0 Å². The summed E-state index contributed by atoms with van der Waals surface area (Å²) >= 11 is 0. The highest BCUT2D eigenvalue weighted by molar-refractivity contribution is 5.85. The zero-order valence-corrected chi connectivity index (χ0v) is 15.0. The van der Waals surface area contributed by atoms with Crippen LogP contribution in [-0.4, -0.2) is 52.0 Å². The maximum Gasteiger partial charge on any atom is 0.410 e. The third-order valence-corrected chi connectivity index (χ3v) is 5.64. The van der Waals surface area contributed by atoms with Gasteiger partial charge >= 0.3 is 12.1 Å². The topological polar surface area (TPSA) is 87.1 Å². The van der Waals surface area contributed by atoms with Crippen LogP contribution >= 0.6 is 0 Å². The maximum atomic E-state index is 12.6. The summed E-state index contributed by atoms with van der Waals surface area (Å²) in [4.78, 5) is 25.3. The molecule has 1 aliphatic heterocycles. The molecule has 140 valence electrons. The number of hydrogen-bond donors (Lipinski definition) is 2. The van der Waals surface area contributed by atoms with Crippen LogP contribution in [0.15, 0.2) is 48.5 Å². The fourth-order valence-corrected chi connectivity index (χ4v) is 4.20. The molecule has 2 atom stereocenters. The van der Waals surface area contributed by atoms with Crippen molar-refractivity contribution in [1.29, 1.82) is 0 Å². The third-order valence-electron chi connectivity index (χ3n) is 5.64. The van der Waals surface area contributed by atoms with Crippen molar-refractivity contribution in [2.45, 2.75) is 30.9 Å². The average molecular weight is 367 g/mol. The van der Waals surface area contributed by atoms with Crippen molar-refractivity contribution < 1.29 is 24.5 Å². The van der Waals surface area contributed by atoms with Gasteiger partial charge in [-0.25, -0.2) is 9.59 Å². The zero-order valence-electron chi connectivity index (χ0n) is 15.0. The van der Waals surface area contributed by atoms with Crippen LogP contribution in [0.2, 0.25) is 0 Å². The molecule has 6 heteroatoms. The van der Waals surface area contributed by atoms with Crippen LogP contribution in [0.1, 0.15) is 30.4 Å². The van der Waals surface area contributed by atoms with Crippen molar-refractivity contribution in [2.24, 2.45) is 0 Å². The molecule has 2 N–H and O–H groups in total. The highest BCUT2D eigenvalue weighted by Gasteiger charge is 2.50. The van der Waals surface area contributed by atoms with E-state index in [1.54, 1.807) is 0 Å². The molecule has 0 radical (unpaired) electrons. The minimum absolute atomic E-state index is 0.00741. The zero-order chi connectivity index (χ0) is 19.2. The molecule has 4 rings (SSSR count). The Labute approximate surface area is 157 Å². The summed E-state index contributed by atoms with van der Waals surface area (Å²) < 4.78 is 5.53. The van der Waals surface area contributed by atoms with E-state index in [1.807, 2.05) is 48.5 Å². The van der Waals surface area contributed by atoms with E-state index in [0.29, 0.717) is 0 Å². The average Bonchev–Trinajstić information content (AvgIpc) is 3.15. The molecule has 0 bridgehead atoms. The van der Waals surface area contributed by atoms with Gasteiger partial charge in [0.15, 0.2) is 0 Å². The van der Waals surface area contributed by atoms with Crippen LogP contribution in [0.5, 0.6) is 0 Å². The number of aliphatic hydroxyl groups excluding tert-OH is 1. The lowest BCUT2D eigenvalue weighted by atomic mass is 9.98. The number of carbonyl (C=O) groups is 2. The predicted molar refractivity (Wildman–Crippen MR) is 98.4 cm³/mol. The normalized spacial score (nSPS) is 23.8. The Bertz CT molecular complexity index is 865. The molecule has 6 nitrogen and oxygen atoms in total. The summed E-state index contributed by atoms with van der Waals surface area (Å²) in [7, 11) is 0. The highest BCUT2D eigenvalue weighted by Crippen LogP contribution is 2.44. The number of fused-ring (bicyclic) bond motifs is 3. The second-order valence-electron chi connectivity index (χ2n) is 7.35. The smallest absolute Gasteiger partial charge is 0.410 e. The van der Waals surface area contributed by atoms with Gasteiger partial charge in [0.2, 0.25) is 0 Å². The molecule has 0 spiro atoms. The van der Waals surface area contributed by atoms with Gasteiger partial charge in [0.05, 0.1) is 12.6 Å². The molecular formula is C21H21NO5. The predicted octanol–water partition coefficient (Wildman–Crippen LogP) is 2.85. The molecule has 0 aromatic heterocycles. The van der Waals surface area contributed by atoms with E-state index < -0.39 is 23.7 Å². The van der Waals surface area contributed by atoms with E-state index in [1.165, 1.54) is 6.92 Å². The minimum Gasteiger partial charge on any atom is -0.480 e. The summed E-state index contributed by atoms with van der Waals surface area (Å²) in [6.07, 6.45) is -1.59. The van der Waals surface area contributed by atoms with Crippen molar-refractivity contribution in [3.8, 4) is 11.1 Å². The summed E-state index contributed by atoms with van der Waals surface area (Å²) in [5.41, 5.74) is 2.98. The fraction of sp³-hybridized carbons (Fsp3) is 0.333. The number of β-amino-alcohol motifs (C(OH)–C–C–N with tert-alkyl or cyclic N) is 1. The molecule has 2 unspecified atom stereocenters. The van der Waals surface area contributed by atoms with Gasteiger partial charge in [-0.2, -0.15) is 0 Å². The Morgan fingerprint density at radius 3 is 2.22 bits per heavy atom.